The highest BCUT2D eigenvalue weighted by Crippen LogP contribution is 2.68. The molecule has 1 saturated carbocycles. The summed E-state index contributed by atoms with van der Waals surface area (Å²) < 4.78 is 0. The summed E-state index contributed by atoms with van der Waals surface area (Å²) in [7, 11) is 0. The number of ketones is 1. The second-order valence-corrected chi connectivity index (χ2v) is 6.77. The summed E-state index contributed by atoms with van der Waals surface area (Å²) in [5, 5.41) is 2.98. The van der Waals surface area contributed by atoms with E-state index < -0.39 is 0 Å². The van der Waals surface area contributed by atoms with Crippen molar-refractivity contribution in [1.82, 2.24) is 5.32 Å². The van der Waals surface area contributed by atoms with E-state index in [0.29, 0.717) is 18.3 Å². The Hall–Kier alpha value is -1.90. The highest BCUT2D eigenvalue weighted by molar-refractivity contribution is 5.97. The summed E-state index contributed by atoms with van der Waals surface area (Å²) in [6, 6.07) is 9.67. The molecule has 0 heterocycles. The van der Waals surface area contributed by atoms with Crippen molar-refractivity contribution >= 4 is 11.7 Å². The van der Waals surface area contributed by atoms with Crippen molar-refractivity contribution in [3.63, 3.8) is 0 Å². The lowest BCUT2D eigenvalue weighted by Crippen LogP contribution is -2.27. The zero-order chi connectivity index (χ0) is 15.2. The van der Waals surface area contributed by atoms with Crippen LogP contribution in [0.4, 0.5) is 0 Å². The largest absolute Gasteiger partial charge is 0.329 e. The van der Waals surface area contributed by atoms with Gasteiger partial charge < -0.3 is 5.32 Å². The van der Waals surface area contributed by atoms with E-state index in [1.165, 1.54) is 0 Å². The Labute approximate surface area is 125 Å². The van der Waals surface area contributed by atoms with Crippen LogP contribution in [0.2, 0.25) is 0 Å². The normalized spacial score (nSPS) is 25.5. The van der Waals surface area contributed by atoms with Gasteiger partial charge in [-0.3, -0.25) is 9.59 Å². The van der Waals surface area contributed by atoms with Crippen molar-refractivity contribution in [2.75, 3.05) is 0 Å². The maximum absolute atomic E-state index is 12.2. The molecule has 0 aliphatic heterocycles. The third-order valence-corrected chi connectivity index (χ3v) is 4.99. The lowest BCUT2D eigenvalue weighted by atomic mass is 9.96. The Morgan fingerprint density at radius 3 is 2.52 bits per heavy atom. The number of allylic oxidation sites excluding steroid dienone is 2. The number of benzene rings is 1. The predicted octanol–water partition coefficient (Wildman–Crippen LogP) is 2.86. The Morgan fingerprint density at radius 2 is 1.90 bits per heavy atom. The topological polar surface area (TPSA) is 46.2 Å². The van der Waals surface area contributed by atoms with E-state index in [-0.39, 0.29) is 17.1 Å². The van der Waals surface area contributed by atoms with Gasteiger partial charge in [-0.15, -0.1) is 0 Å². The number of hydrogen-bond donors (Lipinski definition) is 1. The van der Waals surface area contributed by atoms with Gasteiger partial charge in [0.1, 0.15) is 0 Å². The molecule has 1 amide bonds. The van der Waals surface area contributed by atoms with E-state index in [9.17, 15) is 9.59 Å². The summed E-state index contributed by atoms with van der Waals surface area (Å²) in [6.07, 6.45) is 1.18. The summed E-state index contributed by atoms with van der Waals surface area (Å²) in [6.45, 7) is 6.01. The number of rotatable bonds is 4. The number of carbonyl (C=O) groups excluding carboxylic acids is 2. The summed E-state index contributed by atoms with van der Waals surface area (Å²) in [4.78, 5) is 24.1. The quantitative estimate of drug-likeness (QED) is 0.923. The van der Waals surface area contributed by atoms with E-state index in [1.54, 1.807) is 6.92 Å². The van der Waals surface area contributed by atoms with E-state index >= 15 is 0 Å². The first-order chi connectivity index (χ1) is 9.91. The molecule has 1 aromatic carbocycles. The van der Waals surface area contributed by atoms with Gasteiger partial charge in [0.15, 0.2) is 5.78 Å². The SMILES string of the molecule is CC(=O)C1=C(NC(=O)Cc2ccccc2)CC2C1C2(C)C. The van der Waals surface area contributed by atoms with Crippen LogP contribution in [0.3, 0.4) is 0 Å². The third kappa shape index (κ3) is 2.41. The minimum Gasteiger partial charge on any atom is -0.329 e. The summed E-state index contributed by atoms with van der Waals surface area (Å²) >= 11 is 0. The molecule has 1 N–H and O–H groups in total. The molecule has 0 bridgehead atoms. The predicted molar refractivity (Wildman–Crippen MR) is 81.4 cm³/mol. The fraction of sp³-hybridized carbons (Fsp3) is 0.444. The highest BCUT2D eigenvalue weighted by Gasteiger charge is 2.63. The lowest BCUT2D eigenvalue weighted by molar-refractivity contribution is -0.119. The van der Waals surface area contributed by atoms with E-state index in [2.05, 4.69) is 19.2 Å². The smallest absolute Gasteiger partial charge is 0.228 e. The zero-order valence-corrected chi connectivity index (χ0v) is 12.8. The van der Waals surface area contributed by atoms with Crippen molar-refractivity contribution in [2.24, 2.45) is 17.3 Å². The minimum absolute atomic E-state index is 0.0333. The fourth-order valence-electron chi connectivity index (χ4n) is 3.76. The second kappa shape index (κ2) is 4.83. The number of fused-ring (bicyclic) bond motifs is 1. The molecule has 0 radical (unpaired) electrons. The molecule has 0 aromatic heterocycles. The number of nitrogens with one attached hydrogen (secondary N) is 1. The van der Waals surface area contributed by atoms with Crippen LogP contribution in [-0.2, 0) is 16.0 Å². The lowest BCUT2D eigenvalue weighted by Gasteiger charge is -2.15. The average Bonchev–Trinajstić information content (AvgIpc) is 2.79. The van der Waals surface area contributed by atoms with Crippen molar-refractivity contribution in [1.29, 1.82) is 0 Å². The summed E-state index contributed by atoms with van der Waals surface area (Å²) in [5.41, 5.74) is 2.92. The van der Waals surface area contributed by atoms with Crippen LogP contribution < -0.4 is 5.32 Å². The second-order valence-electron chi connectivity index (χ2n) is 6.77. The van der Waals surface area contributed by atoms with Gasteiger partial charge in [-0.05, 0) is 36.2 Å². The van der Waals surface area contributed by atoms with Gasteiger partial charge in [-0.2, -0.15) is 0 Å². The van der Waals surface area contributed by atoms with Crippen molar-refractivity contribution < 1.29 is 9.59 Å². The Kier molecular flexibility index (Phi) is 3.23. The van der Waals surface area contributed by atoms with E-state index in [1.807, 2.05) is 30.3 Å². The van der Waals surface area contributed by atoms with Crippen LogP contribution >= 0.6 is 0 Å². The molecule has 110 valence electrons. The van der Waals surface area contributed by atoms with Crippen molar-refractivity contribution in [2.45, 2.75) is 33.6 Å². The maximum atomic E-state index is 12.2. The van der Waals surface area contributed by atoms with Crippen molar-refractivity contribution in [3.8, 4) is 0 Å². The Morgan fingerprint density at radius 1 is 1.24 bits per heavy atom. The van der Waals surface area contributed by atoms with Gasteiger partial charge in [0.25, 0.3) is 0 Å². The van der Waals surface area contributed by atoms with Crippen LogP contribution in [0.5, 0.6) is 0 Å². The molecular formula is C18H21NO2. The van der Waals surface area contributed by atoms with Gasteiger partial charge in [0.05, 0.1) is 6.42 Å². The Balaban J connectivity index is 1.72. The zero-order valence-electron chi connectivity index (χ0n) is 12.8. The number of amides is 1. The monoisotopic (exact) mass is 283 g/mol. The fourth-order valence-corrected chi connectivity index (χ4v) is 3.76. The highest BCUT2D eigenvalue weighted by atomic mass is 16.1. The molecule has 3 heteroatoms. The van der Waals surface area contributed by atoms with Crippen LogP contribution in [0.1, 0.15) is 32.8 Å². The molecular weight excluding hydrogens is 262 g/mol. The van der Waals surface area contributed by atoms with Gasteiger partial charge in [-0.1, -0.05) is 44.2 Å². The maximum Gasteiger partial charge on any atom is 0.228 e. The van der Waals surface area contributed by atoms with Gasteiger partial charge in [0, 0.05) is 11.3 Å². The number of carbonyl (C=O) groups is 2. The van der Waals surface area contributed by atoms with Crippen LogP contribution in [0.15, 0.2) is 41.6 Å². The standard InChI is InChI=1S/C18H21NO2/c1-11(20)16-14(10-13-17(16)18(13,2)3)19-15(21)9-12-7-5-4-6-8-12/h4-8,13,17H,9-10H2,1-3H3,(H,19,21). The summed E-state index contributed by atoms with van der Waals surface area (Å²) in [5.74, 6) is 0.919. The average molecular weight is 283 g/mol. The minimum atomic E-state index is -0.0333. The molecule has 2 unspecified atom stereocenters. The molecule has 0 spiro atoms. The van der Waals surface area contributed by atoms with E-state index in [4.69, 9.17) is 0 Å². The van der Waals surface area contributed by atoms with Crippen molar-refractivity contribution in [3.05, 3.63) is 47.2 Å². The van der Waals surface area contributed by atoms with Gasteiger partial charge >= 0.3 is 0 Å². The van der Waals surface area contributed by atoms with Gasteiger partial charge in [0.2, 0.25) is 5.91 Å². The number of hydrogen-bond acceptors (Lipinski definition) is 2. The molecule has 21 heavy (non-hydrogen) atoms. The first kappa shape index (κ1) is 14.1. The molecule has 2 aliphatic rings. The Bertz CT molecular complexity index is 628. The first-order valence-electron chi connectivity index (χ1n) is 7.49. The molecule has 3 nitrogen and oxygen atoms in total. The molecule has 2 aliphatic carbocycles. The first-order valence-corrected chi connectivity index (χ1v) is 7.49. The molecule has 2 atom stereocenters. The van der Waals surface area contributed by atoms with E-state index in [0.717, 1.165) is 23.3 Å². The third-order valence-electron chi connectivity index (χ3n) is 4.99. The van der Waals surface area contributed by atoms with Crippen LogP contribution in [0, 0.1) is 17.3 Å². The molecule has 3 rings (SSSR count). The van der Waals surface area contributed by atoms with Gasteiger partial charge in [-0.25, -0.2) is 0 Å². The molecule has 0 saturated heterocycles. The number of Topliss-reactive ketones (excluding diaryl/α,β-unsaturated/α-hetero) is 1. The van der Waals surface area contributed by atoms with Crippen LogP contribution in [-0.4, -0.2) is 11.7 Å². The molecule has 1 aromatic rings. The molecule has 1 fully saturated rings. The van der Waals surface area contributed by atoms with Crippen LogP contribution in [0.25, 0.3) is 0 Å².